The molecule has 0 aromatic heterocycles. The zero-order valence-electron chi connectivity index (χ0n) is 18.3. The normalized spacial score (nSPS) is 15.0. The predicted octanol–water partition coefficient (Wildman–Crippen LogP) is 2.30. The van der Waals surface area contributed by atoms with E-state index in [1.54, 1.807) is 48.4 Å². The van der Waals surface area contributed by atoms with Gasteiger partial charge in [-0.1, -0.05) is 12.1 Å². The van der Waals surface area contributed by atoms with E-state index in [9.17, 15) is 18.8 Å². The third kappa shape index (κ3) is 6.29. The summed E-state index contributed by atoms with van der Waals surface area (Å²) in [5.74, 6) is -0.316. The van der Waals surface area contributed by atoms with Crippen molar-refractivity contribution in [2.24, 2.45) is 0 Å². The molecule has 1 saturated heterocycles. The molecule has 0 saturated carbocycles. The van der Waals surface area contributed by atoms with Crippen molar-refractivity contribution in [1.82, 2.24) is 15.5 Å². The van der Waals surface area contributed by atoms with Crippen molar-refractivity contribution in [3.8, 4) is 5.75 Å². The Morgan fingerprint density at radius 1 is 1.06 bits per heavy atom. The lowest BCUT2D eigenvalue weighted by Crippen LogP contribution is -2.53. The summed E-state index contributed by atoms with van der Waals surface area (Å²) in [6, 6.07) is 12.0. The Hall–Kier alpha value is -3.42. The number of piperidine rings is 1. The second-order valence-corrected chi connectivity index (χ2v) is 7.89. The summed E-state index contributed by atoms with van der Waals surface area (Å²) < 4.78 is 18.3. The molecule has 7 nitrogen and oxygen atoms in total. The number of carbonyl (C=O) groups is 3. The minimum absolute atomic E-state index is 0.0511. The number of nitrogens with one attached hydrogen (secondary N) is 2. The highest BCUT2D eigenvalue weighted by molar-refractivity contribution is 5.94. The van der Waals surface area contributed by atoms with Gasteiger partial charge in [0.1, 0.15) is 17.6 Å². The standard InChI is InChI=1S/C24H28FN3O4/c1-16(29)26-22(15-17-3-7-19(25)8-4-17)23(30)27-20-11-13-28(14-12-20)24(31)18-5-9-21(32-2)10-6-18/h3-10,20,22H,11-15H2,1-2H3,(H,26,29)(H,27,30)/t22-/m0/s1. The van der Waals surface area contributed by atoms with Gasteiger partial charge in [-0.25, -0.2) is 4.39 Å². The van der Waals surface area contributed by atoms with Crippen molar-refractivity contribution in [2.75, 3.05) is 20.2 Å². The van der Waals surface area contributed by atoms with Crippen LogP contribution < -0.4 is 15.4 Å². The summed E-state index contributed by atoms with van der Waals surface area (Å²) in [7, 11) is 1.58. The Balaban J connectivity index is 1.54. The maximum Gasteiger partial charge on any atom is 0.253 e. The molecule has 2 aromatic rings. The number of carbonyl (C=O) groups excluding carboxylic acids is 3. The summed E-state index contributed by atoms with van der Waals surface area (Å²) in [5.41, 5.74) is 1.35. The van der Waals surface area contributed by atoms with E-state index in [-0.39, 0.29) is 36.0 Å². The van der Waals surface area contributed by atoms with E-state index in [0.29, 0.717) is 37.2 Å². The van der Waals surface area contributed by atoms with Crippen LogP contribution in [0.5, 0.6) is 5.75 Å². The van der Waals surface area contributed by atoms with Gasteiger partial charge in [-0.15, -0.1) is 0 Å². The molecule has 2 N–H and O–H groups in total. The summed E-state index contributed by atoms with van der Waals surface area (Å²) in [6.07, 6.45) is 1.51. The molecule has 1 fully saturated rings. The maximum atomic E-state index is 13.2. The van der Waals surface area contributed by atoms with Crippen molar-refractivity contribution in [3.05, 3.63) is 65.5 Å². The minimum Gasteiger partial charge on any atom is -0.497 e. The second-order valence-electron chi connectivity index (χ2n) is 7.89. The van der Waals surface area contributed by atoms with Crippen molar-refractivity contribution in [2.45, 2.75) is 38.3 Å². The highest BCUT2D eigenvalue weighted by atomic mass is 19.1. The first-order valence-corrected chi connectivity index (χ1v) is 10.6. The lowest BCUT2D eigenvalue weighted by atomic mass is 10.0. The van der Waals surface area contributed by atoms with Crippen LogP contribution in [0.3, 0.4) is 0 Å². The topological polar surface area (TPSA) is 87.7 Å². The first-order chi connectivity index (χ1) is 15.4. The summed E-state index contributed by atoms with van der Waals surface area (Å²) >= 11 is 0. The zero-order valence-corrected chi connectivity index (χ0v) is 18.3. The largest absolute Gasteiger partial charge is 0.497 e. The van der Waals surface area contributed by atoms with Crippen LogP contribution >= 0.6 is 0 Å². The molecule has 170 valence electrons. The van der Waals surface area contributed by atoms with Crippen LogP contribution in [0.1, 0.15) is 35.7 Å². The molecular weight excluding hydrogens is 413 g/mol. The molecule has 2 aromatic carbocycles. The molecule has 0 unspecified atom stereocenters. The number of hydrogen-bond acceptors (Lipinski definition) is 4. The zero-order chi connectivity index (χ0) is 23.1. The van der Waals surface area contributed by atoms with Crippen molar-refractivity contribution in [3.63, 3.8) is 0 Å². The van der Waals surface area contributed by atoms with E-state index in [0.717, 1.165) is 5.56 Å². The molecule has 0 radical (unpaired) electrons. The van der Waals surface area contributed by atoms with Gasteiger partial charge in [-0.3, -0.25) is 14.4 Å². The molecule has 0 aliphatic carbocycles. The molecule has 1 aliphatic heterocycles. The van der Waals surface area contributed by atoms with Gasteiger partial charge >= 0.3 is 0 Å². The highest BCUT2D eigenvalue weighted by Gasteiger charge is 2.27. The number of methoxy groups -OCH3 is 1. The van der Waals surface area contributed by atoms with Crippen molar-refractivity contribution in [1.29, 1.82) is 0 Å². The van der Waals surface area contributed by atoms with Crippen LogP contribution in [0.2, 0.25) is 0 Å². The van der Waals surface area contributed by atoms with E-state index >= 15 is 0 Å². The highest BCUT2D eigenvalue weighted by Crippen LogP contribution is 2.17. The fourth-order valence-electron chi connectivity index (χ4n) is 3.76. The summed E-state index contributed by atoms with van der Waals surface area (Å²) in [6.45, 7) is 2.41. The summed E-state index contributed by atoms with van der Waals surface area (Å²) in [5, 5.41) is 5.66. The molecule has 1 aliphatic rings. The predicted molar refractivity (Wildman–Crippen MR) is 118 cm³/mol. The Bertz CT molecular complexity index is 939. The maximum absolute atomic E-state index is 13.2. The van der Waals surface area contributed by atoms with Crippen LogP contribution in [0.15, 0.2) is 48.5 Å². The lowest BCUT2D eigenvalue weighted by molar-refractivity contribution is -0.128. The van der Waals surface area contributed by atoms with E-state index in [1.165, 1.54) is 19.1 Å². The van der Waals surface area contributed by atoms with Gasteiger partial charge in [0, 0.05) is 38.0 Å². The number of likely N-dealkylation sites (tertiary alicyclic amines) is 1. The molecule has 0 bridgehead atoms. The quantitative estimate of drug-likeness (QED) is 0.690. The monoisotopic (exact) mass is 441 g/mol. The first kappa shape index (κ1) is 23.2. The fourth-order valence-corrected chi connectivity index (χ4v) is 3.76. The summed E-state index contributed by atoms with van der Waals surface area (Å²) in [4.78, 5) is 38.9. The fraction of sp³-hybridized carbons (Fsp3) is 0.375. The van der Waals surface area contributed by atoms with Gasteiger partial charge < -0.3 is 20.3 Å². The number of benzene rings is 2. The Morgan fingerprint density at radius 3 is 2.25 bits per heavy atom. The molecule has 3 amide bonds. The van der Waals surface area contributed by atoms with E-state index in [2.05, 4.69) is 10.6 Å². The molecular formula is C24H28FN3O4. The van der Waals surface area contributed by atoms with Crippen LogP contribution in [0.4, 0.5) is 4.39 Å². The number of nitrogens with zero attached hydrogens (tertiary/aromatic N) is 1. The lowest BCUT2D eigenvalue weighted by Gasteiger charge is -2.33. The van der Waals surface area contributed by atoms with Crippen LogP contribution in [-0.2, 0) is 16.0 Å². The van der Waals surface area contributed by atoms with Crippen LogP contribution in [0.25, 0.3) is 0 Å². The van der Waals surface area contributed by atoms with Gasteiger partial charge in [0.25, 0.3) is 5.91 Å². The average Bonchev–Trinajstić information content (AvgIpc) is 2.80. The third-order valence-electron chi connectivity index (χ3n) is 5.51. The van der Waals surface area contributed by atoms with Gasteiger partial charge in [0.15, 0.2) is 0 Å². The molecule has 0 spiro atoms. The van der Waals surface area contributed by atoms with Gasteiger partial charge in [-0.05, 0) is 54.8 Å². The molecule has 8 heteroatoms. The Kier molecular flexibility index (Phi) is 7.81. The van der Waals surface area contributed by atoms with Gasteiger partial charge in [-0.2, -0.15) is 0 Å². The second kappa shape index (κ2) is 10.7. The van der Waals surface area contributed by atoms with Gasteiger partial charge in [0.2, 0.25) is 11.8 Å². The van der Waals surface area contributed by atoms with Crippen LogP contribution in [-0.4, -0.2) is 54.9 Å². The Labute approximate surface area is 186 Å². The van der Waals surface area contributed by atoms with Crippen molar-refractivity contribution >= 4 is 17.7 Å². The molecule has 1 heterocycles. The number of ether oxygens (including phenoxy) is 1. The number of halogens is 1. The molecule has 1 atom stereocenters. The average molecular weight is 442 g/mol. The number of amides is 3. The van der Waals surface area contributed by atoms with Crippen molar-refractivity contribution < 1.29 is 23.5 Å². The molecule has 32 heavy (non-hydrogen) atoms. The molecule has 3 rings (SSSR count). The number of rotatable bonds is 7. The van der Waals surface area contributed by atoms with Crippen LogP contribution in [0, 0.1) is 5.82 Å². The smallest absolute Gasteiger partial charge is 0.253 e. The van der Waals surface area contributed by atoms with E-state index < -0.39 is 6.04 Å². The number of hydrogen-bond donors (Lipinski definition) is 2. The SMILES string of the molecule is COc1ccc(C(=O)N2CCC(NC(=O)[C@H](Cc3ccc(F)cc3)NC(C)=O)CC2)cc1. The Morgan fingerprint density at radius 2 is 1.69 bits per heavy atom. The first-order valence-electron chi connectivity index (χ1n) is 10.6. The minimum atomic E-state index is -0.753. The van der Waals surface area contributed by atoms with E-state index in [4.69, 9.17) is 4.74 Å². The third-order valence-corrected chi connectivity index (χ3v) is 5.51. The van der Waals surface area contributed by atoms with Gasteiger partial charge in [0.05, 0.1) is 7.11 Å². The van der Waals surface area contributed by atoms with E-state index in [1.807, 2.05) is 0 Å².